The first-order valence-electron chi connectivity index (χ1n) is 5.31. The van der Waals surface area contributed by atoms with E-state index in [0.717, 1.165) is 5.92 Å². The molecule has 0 aliphatic heterocycles. The SMILES string of the molecule is CC1(C)CC(N)(C2CCCC2)C1. The van der Waals surface area contributed by atoms with Crippen LogP contribution in [-0.4, -0.2) is 5.54 Å². The van der Waals surface area contributed by atoms with Crippen molar-refractivity contribution < 1.29 is 0 Å². The summed E-state index contributed by atoms with van der Waals surface area (Å²) < 4.78 is 0. The van der Waals surface area contributed by atoms with Crippen LogP contribution in [0.25, 0.3) is 0 Å². The van der Waals surface area contributed by atoms with E-state index in [4.69, 9.17) is 5.73 Å². The maximum absolute atomic E-state index is 6.38. The number of rotatable bonds is 1. The maximum Gasteiger partial charge on any atom is 0.0193 e. The molecule has 1 heteroatoms. The molecule has 0 amide bonds. The molecule has 2 saturated carbocycles. The molecule has 0 spiro atoms. The van der Waals surface area contributed by atoms with E-state index >= 15 is 0 Å². The Kier molecular flexibility index (Phi) is 1.76. The van der Waals surface area contributed by atoms with Gasteiger partial charge in [-0.1, -0.05) is 26.7 Å². The number of hydrogen-bond donors (Lipinski definition) is 1. The van der Waals surface area contributed by atoms with Crippen LogP contribution in [0.2, 0.25) is 0 Å². The minimum Gasteiger partial charge on any atom is -0.325 e. The van der Waals surface area contributed by atoms with Gasteiger partial charge >= 0.3 is 0 Å². The molecule has 0 saturated heterocycles. The van der Waals surface area contributed by atoms with Gasteiger partial charge in [0, 0.05) is 5.54 Å². The molecule has 0 bridgehead atoms. The molecule has 0 aromatic carbocycles. The Morgan fingerprint density at radius 3 is 2.00 bits per heavy atom. The van der Waals surface area contributed by atoms with E-state index in [2.05, 4.69) is 13.8 Å². The predicted molar refractivity (Wildman–Crippen MR) is 51.9 cm³/mol. The minimum atomic E-state index is 0.236. The average molecular weight is 167 g/mol. The highest BCUT2D eigenvalue weighted by atomic mass is 14.8. The zero-order valence-electron chi connectivity index (χ0n) is 8.40. The molecule has 0 atom stereocenters. The normalized spacial score (nSPS) is 33.2. The van der Waals surface area contributed by atoms with Crippen LogP contribution in [0.1, 0.15) is 52.4 Å². The smallest absolute Gasteiger partial charge is 0.0193 e. The van der Waals surface area contributed by atoms with Crippen LogP contribution in [0.5, 0.6) is 0 Å². The van der Waals surface area contributed by atoms with Crippen molar-refractivity contribution in [1.82, 2.24) is 0 Å². The summed E-state index contributed by atoms with van der Waals surface area (Å²) in [5.41, 5.74) is 7.16. The Labute approximate surface area is 75.7 Å². The first-order chi connectivity index (χ1) is 5.52. The molecule has 2 aliphatic rings. The van der Waals surface area contributed by atoms with Crippen LogP contribution in [0.15, 0.2) is 0 Å². The quantitative estimate of drug-likeness (QED) is 0.638. The van der Waals surface area contributed by atoms with Gasteiger partial charge in [0.2, 0.25) is 0 Å². The second-order valence-corrected chi connectivity index (χ2v) is 5.73. The van der Waals surface area contributed by atoms with Crippen molar-refractivity contribution in [3.8, 4) is 0 Å². The van der Waals surface area contributed by atoms with Crippen LogP contribution in [-0.2, 0) is 0 Å². The second-order valence-electron chi connectivity index (χ2n) is 5.73. The number of nitrogens with two attached hydrogens (primary N) is 1. The van der Waals surface area contributed by atoms with Crippen molar-refractivity contribution in [3.63, 3.8) is 0 Å². The van der Waals surface area contributed by atoms with Crippen molar-refractivity contribution >= 4 is 0 Å². The monoisotopic (exact) mass is 167 g/mol. The van der Waals surface area contributed by atoms with Crippen LogP contribution in [0, 0.1) is 11.3 Å². The van der Waals surface area contributed by atoms with Gasteiger partial charge < -0.3 is 5.73 Å². The topological polar surface area (TPSA) is 26.0 Å². The zero-order valence-corrected chi connectivity index (χ0v) is 8.40. The maximum atomic E-state index is 6.38. The third-order valence-corrected chi connectivity index (χ3v) is 3.78. The summed E-state index contributed by atoms with van der Waals surface area (Å²) in [6.45, 7) is 4.68. The fraction of sp³-hybridized carbons (Fsp3) is 1.00. The van der Waals surface area contributed by atoms with E-state index in [-0.39, 0.29) is 5.54 Å². The molecule has 0 aromatic rings. The van der Waals surface area contributed by atoms with Crippen molar-refractivity contribution in [2.45, 2.75) is 57.9 Å². The van der Waals surface area contributed by atoms with Crippen LogP contribution in [0.4, 0.5) is 0 Å². The summed E-state index contributed by atoms with van der Waals surface area (Å²) in [5.74, 6) is 0.852. The lowest BCUT2D eigenvalue weighted by Gasteiger charge is -2.54. The molecular weight excluding hydrogens is 146 g/mol. The van der Waals surface area contributed by atoms with Crippen LogP contribution >= 0.6 is 0 Å². The highest BCUT2D eigenvalue weighted by molar-refractivity contribution is 5.07. The molecule has 70 valence electrons. The van der Waals surface area contributed by atoms with Gasteiger partial charge in [0.05, 0.1) is 0 Å². The molecule has 0 radical (unpaired) electrons. The summed E-state index contributed by atoms with van der Waals surface area (Å²) in [7, 11) is 0. The average Bonchev–Trinajstić information content (AvgIpc) is 2.31. The summed E-state index contributed by atoms with van der Waals surface area (Å²) in [6, 6.07) is 0. The molecule has 0 heterocycles. The van der Waals surface area contributed by atoms with E-state index < -0.39 is 0 Å². The van der Waals surface area contributed by atoms with Gasteiger partial charge in [0.1, 0.15) is 0 Å². The Bertz CT molecular complexity index is 169. The van der Waals surface area contributed by atoms with Crippen LogP contribution < -0.4 is 5.73 Å². The lowest BCUT2D eigenvalue weighted by atomic mass is 9.55. The second kappa shape index (κ2) is 2.47. The highest BCUT2D eigenvalue weighted by Gasteiger charge is 2.50. The first-order valence-corrected chi connectivity index (χ1v) is 5.31. The number of hydrogen-bond acceptors (Lipinski definition) is 1. The molecule has 12 heavy (non-hydrogen) atoms. The standard InChI is InChI=1S/C11H21N/c1-10(2)7-11(12,8-10)9-5-3-4-6-9/h9H,3-8,12H2,1-2H3. The van der Waals surface area contributed by atoms with E-state index in [1.165, 1.54) is 38.5 Å². The van der Waals surface area contributed by atoms with E-state index in [1.807, 2.05) is 0 Å². The molecule has 2 N–H and O–H groups in total. The third kappa shape index (κ3) is 1.28. The molecule has 2 fully saturated rings. The molecular formula is C11H21N. The van der Waals surface area contributed by atoms with Gasteiger partial charge in [0.25, 0.3) is 0 Å². The van der Waals surface area contributed by atoms with Gasteiger partial charge in [-0.15, -0.1) is 0 Å². The summed E-state index contributed by atoms with van der Waals surface area (Å²) in [5, 5.41) is 0. The molecule has 0 aromatic heterocycles. The van der Waals surface area contributed by atoms with Gasteiger partial charge in [0.15, 0.2) is 0 Å². The van der Waals surface area contributed by atoms with Gasteiger partial charge in [-0.25, -0.2) is 0 Å². The Balaban J connectivity index is 1.96. The molecule has 0 unspecified atom stereocenters. The van der Waals surface area contributed by atoms with Crippen LogP contribution in [0.3, 0.4) is 0 Å². The lowest BCUT2D eigenvalue weighted by Crippen LogP contribution is -2.59. The van der Waals surface area contributed by atoms with E-state index in [1.54, 1.807) is 0 Å². The predicted octanol–water partition coefficient (Wildman–Crippen LogP) is 2.69. The van der Waals surface area contributed by atoms with Crippen molar-refractivity contribution in [1.29, 1.82) is 0 Å². The molecule has 1 nitrogen and oxygen atoms in total. The highest BCUT2D eigenvalue weighted by Crippen LogP contribution is 2.53. The van der Waals surface area contributed by atoms with E-state index in [9.17, 15) is 0 Å². The van der Waals surface area contributed by atoms with Gasteiger partial charge in [-0.2, -0.15) is 0 Å². The molecule has 2 rings (SSSR count). The lowest BCUT2D eigenvalue weighted by molar-refractivity contribution is 0.0184. The zero-order chi connectivity index (χ0) is 8.82. The third-order valence-electron chi connectivity index (χ3n) is 3.78. The first kappa shape index (κ1) is 8.55. The Hall–Kier alpha value is -0.0400. The minimum absolute atomic E-state index is 0.236. The van der Waals surface area contributed by atoms with Gasteiger partial charge in [-0.05, 0) is 37.0 Å². The van der Waals surface area contributed by atoms with Crippen molar-refractivity contribution in [3.05, 3.63) is 0 Å². The summed E-state index contributed by atoms with van der Waals surface area (Å²) >= 11 is 0. The van der Waals surface area contributed by atoms with E-state index in [0.29, 0.717) is 5.41 Å². The summed E-state index contributed by atoms with van der Waals surface area (Å²) in [6.07, 6.45) is 8.14. The Morgan fingerprint density at radius 2 is 1.58 bits per heavy atom. The fourth-order valence-electron chi connectivity index (χ4n) is 3.52. The van der Waals surface area contributed by atoms with Crippen molar-refractivity contribution in [2.75, 3.05) is 0 Å². The summed E-state index contributed by atoms with van der Waals surface area (Å²) in [4.78, 5) is 0. The Morgan fingerprint density at radius 1 is 1.08 bits per heavy atom. The van der Waals surface area contributed by atoms with Crippen molar-refractivity contribution in [2.24, 2.45) is 17.1 Å². The largest absolute Gasteiger partial charge is 0.325 e. The van der Waals surface area contributed by atoms with Gasteiger partial charge in [-0.3, -0.25) is 0 Å². The fourth-order valence-corrected chi connectivity index (χ4v) is 3.52. The molecule has 2 aliphatic carbocycles.